The average molecular weight is 301 g/mol. The number of urea groups is 1. The van der Waals surface area contributed by atoms with Crippen molar-refractivity contribution >= 4 is 23.8 Å². The molecule has 2 aliphatic heterocycles. The third kappa shape index (κ3) is 3.38. The van der Waals surface area contributed by atoms with Gasteiger partial charge < -0.3 is 14.9 Å². The largest absolute Gasteiger partial charge is 0.480 e. The first-order valence-electron chi connectivity index (χ1n) is 7.11. The van der Waals surface area contributed by atoms with Crippen molar-refractivity contribution in [3.8, 4) is 0 Å². The minimum atomic E-state index is -0.800. The third-order valence-corrected chi connectivity index (χ3v) is 5.29. The molecule has 0 aliphatic carbocycles. The van der Waals surface area contributed by atoms with Crippen molar-refractivity contribution in [2.24, 2.45) is 0 Å². The molecule has 0 aromatic carbocycles. The summed E-state index contributed by atoms with van der Waals surface area (Å²) >= 11 is 1.89. The highest BCUT2D eigenvalue weighted by Crippen LogP contribution is 2.18. The fourth-order valence-electron chi connectivity index (χ4n) is 2.65. The molecule has 2 rings (SSSR count). The summed E-state index contributed by atoms with van der Waals surface area (Å²) in [4.78, 5) is 29.2. The van der Waals surface area contributed by atoms with Crippen molar-refractivity contribution in [3.05, 3.63) is 0 Å². The van der Waals surface area contributed by atoms with Crippen LogP contribution in [0.1, 0.15) is 13.8 Å². The maximum Gasteiger partial charge on any atom is 0.320 e. The van der Waals surface area contributed by atoms with Crippen molar-refractivity contribution in [1.82, 2.24) is 14.7 Å². The number of carbonyl (C=O) groups excluding carboxylic acids is 1. The molecule has 0 spiro atoms. The molecule has 0 aromatic heterocycles. The van der Waals surface area contributed by atoms with E-state index in [1.807, 2.05) is 26.5 Å². The monoisotopic (exact) mass is 301 g/mol. The molecule has 0 radical (unpaired) electrons. The van der Waals surface area contributed by atoms with Crippen LogP contribution in [0.5, 0.6) is 0 Å². The van der Waals surface area contributed by atoms with E-state index in [4.69, 9.17) is 5.11 Å². The lowest BCUT2D eigenvalue weighted by molar-refractivity contribution is -0.143. The van der Waals surface area contributed by atoms with Crippen LogP contribution in [-0.2, 0) is 4.79 Å². The zero-order valence-corrected chi connectivity index (χ0v) is 12.9. The first-order chi connectivity index (χ1) is 9.50. The van der Waals surface area contributed by atoms with Crippen LogP contribution in [0.3, 0.4) is 0 Å². The standard InChI is InChI=1S/C13H23N3O3S/c1-10-9-20-8-7-16(10)13(19)15-5-3-14(4-6-15)11(2)12(17)18/h10-11H,3-9H2,1-2H3,(H,17,18). The Morgan fingerprint density at radius 1 is 1.20 bits per heavy atom. The molecule has 2 amide bonds. The molecular formula is C13H23N3O3S. The summed E-state index contributed by atoms with van der Waals surface area (Å²) in [6.45, 7) is 7.11. The zero-order valence-electron chi connectivity index (χ0n) is 12.1. The first kappa shape index (κ1) is 15.4. The van der Waals surface area contributed by atoms with Crippen LogP contribution in [-0.4, -0.2) is 88.1 Å². The molecule has 114 valence electrons. The fraction of sp³-hybridized carbons (Fsp3) is 0.846. The van der Waals surface area contributed by atoms with Gasteiger partial charge in [0.2, 0.25) is 0 Å². The van der Waals surface area contributed by atoms with Crippen molar-refractivity contribution < 1.29 is 14.7 Å². The number of nitrogens with zero attached hydrogens (tertiary/aromatic N) is 3. The molecule has 2 fully saturated rings. The molecule has 2 unspecified atom stereocenters. The Bertz CT molecular complexity index is 372. The summed E-state index contributed by atoms with van der Waals surface area (Å²) in [6.07, 6.45) is 0. The molecule has 2 saturated heterocycles. The van der Waals surface area contributed by atoms with Crippen molar-refractivity contribution in [3.63, 3.8) is 0 Å². The maximum absolute atomic E-state index is 12.5. The van der Waals surface area contributed by atoms with E-state index in [1.165, 1.54) is 0 Å². The molecule has 0 bridgehead atoms. The van der Waals surface area contributed by atoms with Crippen LogP contribution in [0.15, 0.2) is 0 Å². The number of amides is 2. The highest BCUT2D eigenvalue weighted by atomic mass is 32.2. The number of carbonyl (C=O) groups is 2. The van der Waals surface area contributed by atoms with E-state index in [9.17, 15) is 9.59 Å². The molecule has 20 heavy (non-hydrogen) atoms. The van der Waals surface area contributed by atoms with Gasteiger partial charge in [-0.2, -0.15) is 11.8 Å². The minimum Gasteiger partial charge on any atom is -0.480 e. The summed E-state index contributed by atoms with van der Waals surface area (Å²) in [5.41, 5.74) is 0. The van der Waals surface area contributed by atoms with Crippen LogP contribution in [0, 0.1) is 0 Å². The van der Waals surface area contributed by atoms with E-state index < -0.39 is 12.0 Å². The van der Waals surface area contributed by atoms with E-state index in [0.717, 1.165) is 18.1 Å². The molecule has 2 heterocycles. The molecule has 2 aliphatic rings. The Kier molecular flexibility index (Phi) is 5.15. The lowest BCUT2D eigenvalue weighted by Gasteiger charge is -2.41. The summed E-state index contributed by atoms with van der Waals surface area (Å²) in [7, 11) is 0. The molecule has 0 aromatic rings. The average Bonchev–Trinajstić information content (AvgIpc) is 2.46. The van der Waals surface area contributed by atoms with Gasteiger partial charge >= 0.3 is 12.0 Å². The van der Waals surface area contributed by atoms with Gasteiger partial charge in [-0.25, -0.2) is 4.79 Å². The highest BCUT2D eigenvalue weighted by Gasteiger charge is 2.31. The maximum atomic E-state index is 12.5. The van der Waals surface area contributed by atoms with E-state index in [-0.39, 0.29) is 12.1 Å². The van der Waals surface area contributed by atoms with Gasteiger partial charge in [0.1, 0.15) is 6.04 Å². The molecule has 6 nitrogen and oxygen atoms in total. The molecule has 1 N–H and O–H groups in total. The van der Waals surface area contributed by atoms with Gasteiger partial charge in [0.05, 0.1) is 0 Å². The van der Waals surface area contributed by atoms with Crippen molar-refractivity contribution in [2.45, 2.75) is 25.9 Å². The number of thioether (sulfide) groups is 1. The third-order valence-electron chi connectivity index (χ3n) is 4.10. The Hall–Kier alpha value is -0.950. The van der Waals surface area contributed by atoms with Gasteiger partial charge in [-0.3, -0.25) is 9.69 Å². The number of carboxylic acid groups (broad SMARTS) is 1. The topological polar surface area (TPSA) is 64.1 Å². The lowest BCUT2D eigenvalue weighted by atomic mass is 10.2. The van der Waals surface area contributed by atoms with Crippen LogP contribution in [0.4, 0.5) is 4.79 Å². The highest BCUT2D eigenvalue weighted by molar-refractivity contribution is 7.99. The van der Waals surface area contributed by atoms with Crippen LogP contribution in [0.25, 0.3) is 0 Å². The van der Waals surface area contributed by atoms with E-state index in [2.05, 4.69) is 6.92 Å². The number of carboxylic acids is 1. The predicted molar refractivity (Wildman–Crippen MR) is 79.1 cm³/mol. The summed E-state index contributed by atoms with van der Waals surface area (Å²) in [5, 5.41) is 9.02. The van der Waals surface area contributed by atoms with Gasteiger partial charge in [0.25, 0.3) is 0 Å². The summed E-state index contributed by atoms with van der Waals surface area (Å²) in [5.74, 6) is 1.21. The fourth-order valence-corrected chi connectivity index (χ4v) is 3.66. The Labute approximate surface area is 124 Å². The van der Waals surface area contributed by atoms with Crippen molar-refractivity contribution in [1.29, 1.82) is 0 Å². The second kappa shape index (κ2) is 6.67. The normalized spacial score (nSPS) is 26.4. The Morgan fingerprint density at radius 3 is 2.40 bits per heavy atom. The van der Waals surface area contributed by atoms with E-state index >= 15 is 0 Å². The molecule has 0 saturated carbocycles. The molecule has 7 heteroatoms. The van der Waals surface area contributed by atoms with Crippen LogP contribution < -0.4 is 0 Å². The van der Waals surface area contributed by atoms with Crippen LogP contribution in [0.2, 0.25) is 0 Å². The first-order valence-corrected chi connectivity index (χ1v) is 8.26. The molecule has 2 atom stereocenters. The quantitative estimate of drug-likeness (QED) is 0.811. The number of rotatable bonds is 2. The number of hydrogen-bond donors (Lipinski definition) is 1. The summed E-state index contributed by atoms with van der Waals surface area (Å²) in [6, 6.07) is -0.0739. The zero-order chi connectivity index (χ0) is 14.7. The summed E-state index contributed by atoms with van der Waals surface area (Å²) < 4.78 is 0. The van der Waals surface area contributed by atoms with Crippen LogP contribution >= 0.6 is 11.8 Å². The second-order valence-electron chi connectivity index (χ2n) is 5.44. The lowest BCUT2D eigenvalue weighted by Crippen LogP contribution is -2.58. The number of piperazine rings is 1. The minimum absolute atomic E-state index is 0.112. The van der Waals surface area contributed by atoms with Gasteiger partial charge in [0.15, 0.2) is 0 Å². The SMILES string of the molecule is CC(C(=O)O)N1CCN(C(=O)N2CCSCC2C)CC1. The van der Waals surface area contributed by atoms with E-state index in [1.54, 1.807) is 6.92 Å². The Balaban J connectivity index is 1.87. The van der Waals surface area contributed by atoms with Crippen molar-refractivity contribution in [2.75, 3.05) is 44.2 Å². The molecular weight excluding hydrogens is 278 g/mol. The number of hydrogen-bond acceptors (Lipinski definition) is 4. The van der Waals surface area contributed by atoms with E-state index in [0.29, 0.717) is 26.2 Å². The van der Waals surface area contributed by atoms with Gasteiger partial charge in [-0.1, -0.05) is 0 Å². The predicted octanol–water partition coefficient (Wildman–Crippen LogP) is 0.634. The van der Waals surface area contributed by atoms with Gasteiger partial charge in [-0.05, 0) is 13.8 Å². The van der Waals surface area contributed by atoms with Gasteiger partial charge in [-0.15, -0.1) is 0 Å². The smallest absolute Gasteiger partial charge is 0.320 e. The van der Waals surface area contributed by atoms with Gasteiger partial charge in [0, 0.05) is 50.3 Å². The number of aliphatic carboxylic acids is 1. The Morgan fingerprint density at radius 2 is 1.85 bits per heavy atom. The second-order valence-corrected chi connectivity index (χ2v) is 6.59.